The fraction of sp³-hybridized carbons (Fsp3) is 0.278. The SMILES string of the molecule is Clc1ccc(-c2nnc(NC[C@H]3CCCO3)c3cnccc23)cc1. The molecular formula is C18H17ClN4O. The molecule has 0 saturated carbocycles. The lowest BCUT2D eigenvalue weighted by Crippen LogP contribution is -2.19. The van der Waals surface area contributed by atoms with Gasteiger partial charge in [0, 0.05) is 46.9 Å². The summed E-state index contributed by atoms with van der Waals surface area (Å²) in [5.41, 5.74) is 1.81. The van der Waals surface area contributed by atoms with Crippen molar-refractivity contribution in [3.63, 3.8) is 0 Å². The second-order valence-corrected chi connectivity index (χ2v) is 6.28. The number of pyridine rings is 1. The van der Waals surface area contributed by atoms with Crippen LogP contribution >= 0.6 is 11.6 Å². The zero-order valence-electron chi connectivity index (χ0n) is 13.1. The molecule has 3 heterocycles. The Morgan fingerprint density at radius 2 is 2.00 bits per heavy atom. The molecule has 1 aliphatic rings. The van der Waals surface area contributed by atoms with Crippen LogP contribution in [0.25, 0.3) is 22.0 Å². The third kappa shape index (κ3) is 3.05. The molecule has 1 saturated heterocycles. The molecule has 0 bridgehead atoms. The van der Waals surface area contributed by atoms with Gasteiger partial charge in [-0.05, 0) is 31.0 Å². The summed E-state index contributed by atoms with van der Waals surface area (Å²) in [5, 5.41) is 14.8. The van der Waals surface area contributed by atoms with Crippen LogP contribution in [0.1, 0.15) is 12.8 Å². The highest BCUT2D eigenvalue weighted by Crippen LogP contribution is 2.29. The molecule has 4 rings (SSSR count). The lowest BCUT2D eigenvalue weighted by atomic mass is 10.1. The van der Waals surface area contributed by atoms with Crippen molar-refractivity contribution in [1.82, 2.24) is 15.2 Å². The third-order valence-corrected chi connectivity index (χ3v) is 4.47. The van der Waals surface area contributed by atoms with Gasteiger partial charge in [0.1, 0.15) is 5.69 Å². The summed E-state index contributed by atoms with van der Waals surface area (Å²) < 4.78 is 5.65. The smallest absolute Gasteiger partial charge is 0.158 e. The zero-order valence-corrected chi connectivity index (χ0v) is 13.8. The van der Waals surface area contributed by atoms with Crippen molar-refractivity contribution < 1.29 is 4.74 Å². The van der Waals surface area contributed by atoms with Gasteiger partial charge in [-0.2, -0.15) is 0 Å². The van der Waals surface area contributed by atoms with Gasteiger partial charge in [0.05, 0.1) is 6.10 Å². The molecule has 0 radical (unpaired) electrons. The van der Waals surface area contributed by atoms with Crippen LogP contribution in [-0.2, 0) is 4.74 Å². The van der Waals surface area contributed by atoms with Crippen LogP contribution < -0.4 is 5.32 Å². The van der Waals surface area contributed by atoms with E-state index in [0.717, 1.165) is 53.8 Å². The average molecular weight is 341 g/mol. The van der Waals surface area contributed by atoms with Crippen molar-refractivity contribution in [3.05, 3.63) is 47.7 Å². The molecule has 1 aromatic carbocycles. The zero-order chi connectivity index (χ0) is 16.4. The molecule has 1 atom stereocenters. The molecule has 0 spiro atoms. The first-order valence-corrected chi connectivity index (χ1v) is 8.41. The van der Waals surface area contributed by atoms with Gasteiger partial charge in [-0.1, -0.05) is 23.7 Å². The minimum atomic E-state index is 0.245. The summed E-state index contributed by atoms with van der Waals surface area (Å²) in [6.07, 6.45) is 6.04. The van der Waals surface area contributed by atoms with Crippen molar-refractivity contribution in [1.29, 1.82) is 0 Å². The lowest BCUT2D eigenvalue weighted by molar-refractivity contribution is 0.120. The molecule has 3 aromatic rings. The Bertz CT molecular complexity index is 847. The molecule has 5 nitrogen and oxygen atoms in total. The number of nitrogens with one attached hydrogen (secondary N) is 1. The molecule has 24 heavy (non-hydrogen) atoms. The van der Waals surface area contributed by atoms with Gasteiger partial charge in [-0.15, -0.1) is 10.2 Å². The summed E-state index contributed by atoms with van der Waals surface area (Å²) in [6, 6.07) is 9.58. The molecule has 1 fully saturated rings. The summed E-state index contributed by atoms with van der Waals surface area (Å²) in [6.45, 7) is 1.58. The normalized spacial score (nSPS) is 17.3. The molecule has 2 aromatic heterocycles. The van der Waals surface area contributed by atoms with E-state index in [1.807, 2.05) is 36.5 Å². The minimum absolute atomic E-state index is 0.245. The van der Waals surface area contributed by atoms with Gasteiger partial charge in [0.25, 0.3) is 0 Å². The van der Waals surface area contributed by atoms with Gasteiger partial charge < -0.3 is 10.1 Å². The molecule has 6 heteroatoms. The number of ether oxygens (including phenoxy) is 1. The fourth-order valence-electron chi connectivity index (χ4n) is 2.96. The van der Waals surface area contributed by atoms with E-state index in [0.29, 0.717) is 5.02 Å². The van der Waals surface area contributed by atoms with Crippen molar-refractivity contribution in [2.45, 2.75) is 18.9 Å². The standard InChI is InChI=1S/C18H17ClN4O/c19-13-5-3-12(4-6-13)17-15-7-8-20-11-16(15)18(23-22-17)21-10-14-2-1-9-24-14/h3-8,11,14H,1-2,9-10H2,(H,21,23)/t14-/m1/s1. The predicted octanol–water partition coefficient (Wildman–Crippen LogP) is 3.94. The molecule has 0 unspecified atom stereocenters. The van der Waals surface area contributed by atoms with Crippen molar-refractivity contribution in [2.24, 2.45) is 0 Å². The van der Waals surface area contributed by atoms with Crippen LogP contribution in [0.3, 0.4) is 0 Å². The second kappa shape index (κ2) is 6.71. The maximum Gasteiger partial charge on any atom is 0.158 e. The average Bonchev–Trinajstić information content (AvgIpc) is 3.14. The van der Waals surface area contributed by atoms with Crippen LogP contribution in [0.4, 0.5) is 5.82 Å². The maximum absolute atomic E-state index is 5.98. The van der Waals surface area contributed by atoms with Crippen LogP contribution in [0.15, 0.2) is 42.7 Å². The number of hydrogen-bond donors (Lipinski definition) is 1. The topological polar surface area (TPSA) is 59.9 Å². The van der Waals surface area contributed by atoms with Gasteiger partial charge >= 0.3 is 0 Å². The molecule has 0 amide bonds. The number of aromatic nitrogens is 3. The molecule has 1 aliphatic heterocycles. The molecular weight excluding hydrogens is 324 g/mol. The van der Waals surface area contributed by atoms with Crippen LogP contribution in [0.5, 0.6) is 0 Å². The maximum atomic E-state index is 5.98. The first-order chi connectivity index (χ1) is 11.8. The Morgan fingerprint density at radius 1 is 1.12 bits per heavy atom. The van der Waals surface area contributed by atoms with E-state index >= 15 is 0 Å². The quantitative estimate of drug-likeness (QED) is 0.779. The summed E-state index contributed by atoms with van der Waals surface area (Å²) in [7, 11) is 0. The van der Waals surface area contributed by atoms with E-state index in [1.54, 1.807) is 6.20 Å². The number of hydrogen-bond acceptors (Lipinski definition) is 5. The highest BCUT2D eigenvalue weighted by molar-refractivity contribution is 6.30. The van der Waals surface area contributed by atoms with Gasteiger partial charge in [0.2, 0.25) is 0 Å². The van der Waals surface area contributed by atoms with Crippen molar-refractivity contribution in [3.8, 4) is 11.3 Å². The van der Waals surface area contributed by atoms with E-state index < -0.39 is 0 Å². The predicted molar refractivity (Wildman–Crippen MR) is 95.2 cm³/mol. The Labute approximate surface area is 145 Å². The van der Waals surface area contributed by atoms with E-state index in [9.17, 15) is 0 Å². The van der Waals surface area contributed by atoms with Crippen LogP contribution in [0.2, 0.25) is 5.02 Å². The fourth-order valence-corrected chi connectivity index (χ4v) is 3.09. The summed E-state index contributed by atoms with van der Waals surface area (Å²) >= 11 is 5.98. The van der Waals surface area contributed by atoms with Gasteiger partial charge in [0.15, 0.2) is 5.82 Å². The van der Waals surface area contributed by atoms with Crippen LogP contribution in [0, 0.1) is 0 Å². The number of rotatable bonds is 4. The minimum Gasteiger partial charge on any atom is -0.376 e. The van der Waals surface area contributed by atoms with Crippen LogP contribution in [-0.4, -0.2) is 34.4 Å². The van der Waals surface area contributed by atoms with Crippen molar-refractivity contribution in [2.75, 3.05) is 18.5 Å². The van der Waals surface area contributed by atoms with Gasteiger partial charge in [-0.25, -0.2) is 0 Å². The molecule has 0 aliphatic carbocycles. The second-order valence-electron chi connectivity index (χ2n) is 5.84. The van der Waals surface area contributed by atoms with E-state index in [2.05, 4.69) is 20.5 Å². The van der Waals surface area contributed by atoms with E-state index in [1.165, 1.54) is 0 Å². The number of fused-ring (bicyclic) bond motifs is 1. The first-order valence-electron chi connectivity index (χ1n) is 8.03. The highest BCUT2D eigenvalue weighted by atomic mass is 35.5. The molecule has 122 valence electrons. The van der Waals surface area contributed by atoms with E-state index in [-0.39, 0.29) is 6.10 Å². The molecule has 1 N–H and O–H groups in total. The summed E-state index contributed by atoms with van der Waals surface area (Å²) in [4.78, 5) is 4.24. The van der Waals surface area contributed by atoms with E-state index in [4.69, 9.17) is 16.3 Å². The Kier molecular flexibility index (Phi) is 4.28. The lowest BCUT2D eigenvalue weighted by Gasteiger charge is -2.13. The highest BCUT2D eigenvalue weighted by Gasteiger charge is 2.17. The monoisotopic (exact) mass is 340 g/mol. The first kappa shape index (κ1) is 15.3. The Morgan fingerprint density at radius 3 is 2.79 bits per heavy atom. The Hall–Kier alpha value is -2.24. The summed E-state index contributed by atoms with van der Waals surface area (Å²) in [5.74, 6) is 0.742. The number of anilines is 1. The number of nitrogens with zero attached hydrogens (tertiary/aromatic N) is 3. The van der Waals surface area contributed by atoms with Crippen molar-refractivity contribution >= 4 is 28.2 Å². The number of halogens is 1. The third-order valence-electron chi connectivity index (χ3n) is 4.22. The Balaban J connectivity index is 1.70. The number of benzene rings is 1. The largest absolute Gasteiger partial charge is 0.376 e. The van der Waals surface area contributed by atoms with Gasteiger partial charge in [-0.3, -0.25) is 4.98 Å².